The molecule has 0 aromatic carbocycles. The molecule has 110 valence electrons. The highest BCUT2D eigenvalue weighted by atomic mass is 16.5. The maximum absolute atomic E-state index is 11.5. The van der Waals surface area contributed by atoms with Gasteiger partial charge in [-0.15, -0.1) is 0 Å². The van der Waals surface area contributed by atoms with Crippen molar-refractivity contribution in [3.05, 3.63) is 0 Å². The Bertz CT molecular complexity index is 292. The monoisotopic (exact) mass is 278 g/mol. The highest BCUT2D eigenvalue weighted by Gasteiger charge is 2.18. The van der Waals surface area contributed by atoms with Gasteiger partial charge in [-0.2, -0.15) is 0 Å². The summed E-state index contributed by atoms with van der Waals surface area (Å²) in [6.45, 7) is -0.175. The van der Waals surface area contributed by atoms with Crippen LogP contribution < -0.4 is 5.32 Å². The van der Waals surface area contributed by atoms with Gasteiger partial charge in [-0.3, -0.25) is 9.59 Å². The number of nitrogens with one attached hydrogen (secondary N) is 1. The lowest BCUT2D eigenvalue weighted by Gasteiger charge is -2.18. The lowest BCUT2D eigenvalue weighted by Crippen LogP contribution is -2.46. The van der Waals surface area contributed by atoms with Crippen molar-refractivity contribution in [2.24, 2.45) is 0 Å². The second-order valence-corrected chi connectivity index (χ2v) is 3.48. The SMILES string of the molecule is COCCOCCNC(=O)N(CC(=O)O)CC(=O)O. The van der Waals surface area contributed by atoms with Gasteiger partial charge in [0, 0.05) is 13.7 Å². The number of hydrogen-bond donors (Lipinski definition) is 3. The predicted octanol–water partition coefficient (Wildman–Crippen LogP) is -1.17. The highest BCUT2D eigenvalue weighted by Crippen LogP contribution is 1.90. The van der Waals surface area contributed by atoms with Gasteiger partial charge in [-0.05, 0) is 0 Å². The summed E-state index contributed by atoms with van der Waals surface area (Å²) in [6.07, 6.45) is 0. The van der Waals surface area contributed by atoms with Crippen LogP contribution in [0.25, 0.3) is 0 Å². The Morgan fingerprint density at radius 1 is 1.05 bits per heavy atom. The predicted molar refractivity (Wildman–Crippen MR) is 62.9 cm³/mol. The van der Waals surface area contributed by atoms with E-state index in [-0.39, 0.29) is 13.2 Å². The second kappa shape index (κ2) is 10.1. The van der Waals surface area contributed by atoms with Crippen molar-refractivity contribution in [1.29, 1.82) is 0 Å². The molecule has 0 unspecified atom stereocenters. The smallest absolute Gasteiger partial charge is 0.323 e. The van der Waals surface area contributed by atoms with E-state index in [4.69, 9.17) is 19.7 Å². The zero-order valence-corrected chi connectivity index (χ0v) is 10.6. The van der Waals surface area contributed by atoms with Gasteiger partial charge < -0.3 is 29.9 Å². The molecule has 0 saturated heterocycles. The van der Waals surface area contributed by atoms with Crippen LogP contribution in [0.1, 0.15) is 0 Å². The molecule has 3 N–H and O–H groups in total. The lowest BCUT2D eigenvalue weighted by molar-refractivity contribution is -0.140. The molecule has 2 amide bonds. The molecule has 0 rings (SSSR count). The molecule has 0 saturated carbocycles. The minimum absolute atomic E-state index is 0.151. The van der Waals surface area contributed by atoms with Gasteiger partial charge in [0.2, 0.25) is 0 Å². The fourth-order valence-corrected chi connectivity index (χ4v) is 1.11. The Kier molecular flexibility index (Phi) is 9.10. The van der Waals surface area contributed by atoms with Crippen molar-refractivity contribution in [2.45, 2.75) is 0 Å². The summed E-state index contributed by atoms with van der Waals surface area (Å²) in [6, 6.07) is -0.764. The summed E-state index contributed by atoms with van der Waals surface area (Å²) in [5.74, 6) is -2.57. The van der Waals surface area contributed by atoms with Crippen molar-refractivity contribution in [2.75, 3.05) is 46.6 Å². The number of hydrogen-bond acceptors (Lipinski definition) is 5. The van der Waals surface area contributed by atoms with Gasteiger partial charge in [0.15, 0.2) is 0 Å². The van der Waals surface area contributed by atoms with Crippen LogP contribution in [0.2, 0.25) is 0 Å². The zero-order valence-electron chi connectivity index (χ0n) is 10.6. The number of carbonyl (C=O) groups excluding carboxylic acids is 1. The molecule has 19 heavy (non-hydrogen) atoms. The molecule has 0 aliphatic carbocycles. The van der Waals surface area contributed by atoms with E-state index < -0.39 is 31.1 Å². The number of carboxylic acids is 2. The average molecular weight is 278 g/mol. The van der Waals surface area contributed by atoms with Crippen molar-refractivity contribution in [1.82, 2.24) is 10.2 Å². The maximum atomic E-state index is 11.5. The van der Waals surface area contributed by atoms with E-state index in [2.05, 4.69) is 5.32 Å². The number of aliphatic carboxylic acids is 2. The first-order chi connectivity index (χ1) is 8.97. The third-order valence-electron chi connectivity index (χ3n) is 1.89. The summed E-state index contributed by atoms with van der Waals surface area (Å²) < 4.78 is 9.82. The summed E-state index contributed by atoms with van der Waals surface area (Å²) in [5.41, 5.74) is 0. The Morgan fingerprint density at radius 2 is 1.63 bits per heavy atom. The van der Waals surface area contributed by atoms with E-state index in [1.54, 1.807) is 0 Å². The number of ether oxygens (including phenoxy) is 2. The number of methoxy groups -OCH3 is 1. The molecule has 9 heteroatoms. The van der Waals surface area contributed by atoms with Gasteiger partial charge in [0.25, 0.3) is 0 Å². The molecule has 0 fully saturated rings. The lowest BCUT2D eigenvalue weighted by atomic mass is 10.5. The minimum atomic E-state index is -1.28. The zero-order chi connectivity index (χ0) is 14.7. The van der Waals surface area contributed by atoms with Crippen LogP contribution >= 0.6 is 0 Å². The molecule has 9 nitrogen and oxygen atoms in total. The maximum Gasteiger partial charge on any atom is 0.323 e. The van der Waals surface area contributed by atoms with Crippen LogP contribution in [0.5, 0.6) is 0 Å². The molecular weight excluding hydrogens is 260 g/mol. The molecule has 0 atom stereocenters. The Labute approximate surface area is 110 Å². The van der Waals surface area contributed by atoms with Crippen molar-refractivity contribution in [3.63, 3.8) is 0 Å². The van der Waals surface area contributed by atoms with Gasteiger partial charge in [0.1, 0.15) is 13.1 Å². The Hall–Kier alpha value is -1.87. The first-order valence-corrected chi connectivity index (χ1v) is 5.50. The molecule has 0 heterocycles. The molecular formula is C10H18N2O7. The number of amides is 2. The molecule has 0 radical (unpaired) electrons. The van der Waals surface area contributed by atoms with Crippen molar-refractivity contribution < 1.29 is 34.1 Å². The average Bonchev–Trinajstić information content (AvgIpc) is 2.31. The Balaban J connectivity index is 3.96. The van der Waals surface area contributed by atoms with Gasteiger partial charge in [-0.25, -0.2) is 4.79 Å². The number of carboxylic acid groups (broad SMARTS) is 2. The minimum Gasteiger partial charge on any atom is -0.480 e. The van der Waals surface area contributed by atoms with Crippen LogP contribution in [0.3, 0.4) is 0 Å². The third kappa shape index (κ3) is 9.80. The van der Waals surface area contributed by atoms with Gasteiger partial charge >= 0.3 is 18.0 Å². The topological polar surface area (TPSA) is 125 Å². The van der Waals surface area contributed by atoms with Crippen molar-refractivity contribution >= 4 is 18.0 Å². The van der Waals surface area contributed by atoms with Gasteiger partial charge in [0.05, 0.1) is 19.8 Å². The fourth-order valence-electron chi connectivity index (χ4n) is 1.11. The first kappa shape index (κ1) is 17.1. The van der Waals surface area contributed by atoms with Crippen LogP contribution in [0.15, 0.2) is 0 Å². The van der Waals surface area contributed by atoms with E-state index >= 15 is 0 Å². The Morgan fingerprint density at radius 3 is 2.11 bits per heavy atom. The van der Waals surface area contributed by atoms with Crippen LogP contribution in [-0.2, 0) is 19.1 Å². The summed E-state index contributed by atoms with van der Waals surface area (Å²) in [5, 5.41) is 19.5. The van der Waals surface area contributed by atoms with Crippen molar-refractivity contribution in [3.8, 4) is 0 Å². The quantitative estimate of drug-likeness (QED) is 0.430. The standard InChI is InChI=1S/C10H18N2O7/c1-18-4-5-19-3-2-11-10(17)12(6-8(13)14)7-9(15)16/h2-7H2,1H3,(H,11,17)(H,13,14)(H,15,16). The van der Waals surface area contributed by atoms with Gasteiger partial charge in [-0.1, -0.05) is 0 Å². The molecule has 0 aliphatic heterocycles. The molecule has 0 aromatic heterocycles. The molecule has 0 aromatic rings. The molecule has 0 bridgehead atoms. The van der Waals surface area contributed by atoms with E-state index in [0.717, 1.165) is 0 Å². The first-order valence-electron chi connectivity index (χ1n) is 5.50. The van der Waals surface area contributed by atoms with E-state index in [1.807, 2.05) is 0 Å². The third-order valence-corrected chi connectivity index (χ3v) is 1.89. The molecule has 0 spiro atoms. The summed E-state index contributed by atoms with van der Waals surface area (Å²) in [4.78, 5) is 33.2. The van der Waals surface area contributed by atoms with Crippen LogP contribution in [0, 0.1) is 0 Å². The summed E-state index contributed by atoms with van der Waals surface area (Å²) in [7, 11) is 1.53. The fraction of sp³-hybridized carbons (Fsp3) is 0.700. The van der Waals surface area contributed by atoms with E-state index in [1.165, 1.54) is 7.11 Å². The normalized spacial score (nSPS) is 9.95. The number of urea groups is 1. The molecule has 0 aliphatic rings. The van der Waals surface area contributed by atoms with E-state index in [0.29, 0.717) is 18.1 Å². The largest absolute Gasteiger partial charge is 0.480 e. The number of rotatable bonds is 10. The number of nitrogens with zero attached hydrogens (tertiary/aromatic N) is 1. The summed E-state index contributed by atoms with van der Waals surface area (Å²) >= 11 is 0. The highest BCUT2D eigenvalue weighted by molar-refractivity contribution is 5.84. The van der Waals surface area contributed by atoms with E-state index in [9.17, 15) is 14.4 Å². The number of carbonyl (C=O) groups is 3. The van der Waals surface area contributed by atoms with Crippen LogP contribution in [0.4, 0.5) is 4.79 Å². The second-order valence-electron chi connectivity index (χ2n) is 3.48. The van der Waals surface area contributed by atoms with Crippen LogP contribution in [-0.4, -0.2) is 79.6 Å².